The maximum atomic E-state index is 11.6. The molecule has 2 fully saturated rings. The number of nitrogens with two attached hydrogens (primary N) is 2. The number of nitrogens with zero attached hydrogens (tertiary/aromatic N) is 5. The van der Waals surface area contributed by atoms with E-state index >= 15 is 0 Å². The molecule has 2 aromatic heterocycles. The Morgan fingerprint density at radius 1 is 0.651 bits per heavy atom. The lowest BCUT2D eigenvalue weighted by Crippen LogP contribution is -2.36. The molecule has 0 radical (unpaired) electrons. The normalized spacial score (nSPS) is 15.4. The SMILES string of the molecule is COc1cccc(O)c1CCN1CCC(n2ccc3ccc(C(N)=O)cc32)CC1.COc1cccc(OCCN(C)C)c1CCN1CCC(n2ccc3ccc(C(N)=O)cc32)CC1. The van der Waals surface area contributed by atoms with Gasteiger partial charge < -0.3 is 54.6 Å². The van der Waals surface area contributed by atoms with Crippen LogP contribution in [-0.4, -0.2) is 121 Å². The number of hydrogen-bond donors (Lipinski definition) is 3. The molecule has 2 amide bonds. The average Bonchev–Trinajstić information content (AvgIpc) is 3.92. The van der Waals surface area contributed by atoms with Gasteiger partial charge in [0, 0.05) is 104 Å². The van der Waals surface area contributed by atoms with Gasteiger partial charge in [-0.3, -0.25) is 9.59 Å². The van der Waals surface area contributed by atoms with Gasteiger partial charge in [0.2, 0.25) is 11.8 Å². The van der Waals surface area contributed by atoms with E-state index < -0.39 is 5.91 Å². The number of primary amides is 2. The van der Waals surface area contributed by atoms with Crippen molar-refractivity contribution < 1.29 is 28.9 Å². The van der Waals surface area contributed by atoms with Gasteiger partial charge in [-0.25, -0.2) is 0 Å². The van der Waals surface area contributed by atoms with Crippen LogP contribution in [0.2, 0.25) is 0 Å². The van der Waals surface area contributed by atoms with Crippen LogP contribution in [0.25, 0.3) is 21.8 Å². The van der Waals surface area contributed by atoms with Gasteiger partial charge in [0.05, 0.1) is 14.2 Å². The minimum Gasteiger partial charge on any atom is -0.508 e. The van der Waals surface area contributed by atoms with Crippen LogP contribution in [0.1, 0.15) is 69.6 Å². The number of ether oxygens (including phenoxy) is 3. The van der Waals surface area contributed by atoms with E-state index in [1.807, 2.05) is 62.6 Å². The number of aromatic hydroxyl groups is 1. The van der Waals surface area contributed by atoms with Crippen LogP contribution in [0.3, 0.4) is 0 Å². The number of amides is 2. The summed E-state index contributed by atoms with van der Waals surface area (Å²) in [6.45, 7) is 7.44. The van der Waals surface area contributed by atoms with Gasteiger partial charge in [0.15, 0.2) is 0 Å². The number of carbonyl (C=O) groups is 2. The van der Waals surface area contributed by atoms with E-state index in [9.17, 15) is 14.7 Å². The largest absolute Gasteiger partial charge is 0.508 e. The Kier molecular flexibility index (Phi) is 14.9. The smallest absolute Gasteiger partial charge is 0.248 e. The molecular formula is C50H63N7O6. The minimum absolute atomic E-state index is 0.295. The van der Waals surface area contributed by atoms with Crippen LogP contribution >= 0.6 is 0 Å². The lowest BCUT2D eigenvalue weighted by atomic mass is 10.0. The Morgan fingerprint density at radius 3 is 1.59 bits per heavy atom. The van der Waals surface area contributed by atoms with Crippen LogP contribution in [0.4, 0.5) is 0 Å². The Morgan fingerprint density at radius 2 is 1.11 bits per heavy atom. The van der Waals surface area contributed by atoms with Crippen molar-refractivity contribution in [2.24, 2.45) is 11.5 Å². The number of benzene rings is 4. The molecule has 4 aromatic carbocycles. The topological polar surface area (TPSA) is 154 Å². The molecule has 5 N–H and O–H groups in total. The van der Waals surface area contributed by atoms with Gasteiger partial charge in [-0.1, -0.05) is 24.3 Å². The van der Waals surface area contributed by atoms with Gasteiger partial charge in [0.25, 0.3) is 0 Å². The van der Waals surface area contributed by atoms with Crippen molar-refractivity contribution in [3.05, 3.63) is 120 Å². The molecule has 334 valence electrons. The highest BCUT2D eigenvalue weighted by Gasteiger charge is 2.24. The van der Waals surface area contributed by atoms with Crippen molar-refractivity contribution in [3.8, 4) is 23.0 Å². The fraction of sp³-hybridized carbons (Fsp3) is 0.400. The summed E-state index contributed by atoms with van der Waals surface area (Å²) in [6.07, 6.45) is 10.1. The second-order valence-corrected chi connectivity index (χ2v) is 16.9. The third-order valence-electron chi connectivity index (χ3n) is 12.7. The lowest BCUT2D eigenvalue weighted by Gasteiger charge is -2.33. The molecule has 4 heterocycles. The summed E-state index contributed by atoms with van der Waals surface area (Å²) in [5.41, 5.74) is 16.2. The molecule has 63 heavy (non-hydrogen) atoms. The zero-order chi connectivity index (χ0) is 44.5. The van der Waals surface area contributed by atoms with Crippen molar-refractivity contribution in [3.63, 3.8) is 0 Å². The third kappa shape index (κ3) is 11.0. The Balaban J connectivity index is 0.000000191. The first-order valence-electron chi connectivity index (χ1n) is 22.1. The zero-order valence-corrected chi connectivity index (χ0v) is 37.2. The number of carbonyl (C=O) groups excluding carboxylic acids is 2. The number of phenols is 1. The van der Waals surface area contributed by atoms with Crippen LogP contribution in [-0.2, 0) is 12.8 Å². The van der Waals surface area contributed by atoms with Gasteiger partial charge >= 0.3 is 0 Å². The van der Waals surface area contributed by atoms with Crippen molar-refractivity contribution >= 4 is 33.6 Å². The van der Waals surface area contributed by atoms with Crippen LogP contribution < -0.4 is 25.7 Å². The summed E-state index contributed by atoms with van der Waals surface area (Å²) >= 11 is 0. The van der Waals surface area contributed by atoms with E-state index in [0.29, 0.717) is 35.6 Å². The molecule has 0 unspecified atom stereocenters. The summed E-state index contributed by atoms with van der Waals surface area (Å²) in [5.74, 6) is 2.06. The standard InChI is InChI=1S/C27H36N4O3.C23H27N3O3/c1-29(2)17-18-34-26-6-4-5-25(33-3)23(26)12-15-30-13-10-22(11-14-30)31-16-9-20-7-8-21(27(28)32)19-24(20)31;1-29-22-4-2-3-21(27)19(22)10-13-25-11-8-18(9-12-25)26-14-7-16-5-6-17(23(24)28)15-20(16)26/h4-9,16,19,22H,10-15,17-18H2,1-3H3,(H2,28,32);2-7,14-15,18,27H,8-13H2,1H3,(H2,24,28). The summed E-state index contributed by atoms with van der Waals surface area (Å²) in [4.78, 5) is 30.2. The summed E-state index contributed by atoms with van der Waals surface area (Å²) in [5, 5.41) is 12.4. The number of piperidine rings is 2. The first-order chi connectivity index (χ1) is 30.5. The number of fused-ring (bicyclic) bond motifs is 2. The average molecular weight is 858 g/mol. The molecule has 2 aliphatic heterocycles. The highest BCUT2D eigenvalue weighted by molar-refractivity contribution is 5.97. The highest BCUT2D eigenvalue weighted by Crippen LogP contribution is 2.33. The first-order valence-corrected chi connectivity index (χ1v) is 22.1. The minimum atomic E-state index is -0.394. The van der Waals surface area contributed by atoms with E-state index in [-0.39, 0.29) is 5.91 Å². The van der Waals surface area contributed by atoms with E-state index in [1.54, 1.807) is 38.5 Å². The van der Waals surface area contributed by atoms with Crippen LogP contribution in [0.5, 0.6) is 23.0 Å². The van der Waals surface area contributed by atoms with Crippen LogP contribution in [0, 0.1) is 0 Å². The number of hydrogen-bond acceptors (Lipinski definition) is 9. The quantitative estimate of drug-likeness (QED) is 0.0944. The van der Waals surface area contributed by atoms with E-state index in [4.69, 9.17) is 25.7 Å². The Labute approximate surface area is 370 Å². The highest BCUT2D eigenvalue weighted by atomic mass is 16.5. The molecule has 0 atom stereocenters. The zero-order valence-electron chi connectivity index (χ0n) is 37.2. The van der Waals surface area contributed by atoms with Gasteiger partial charge in [-0.15, -0.1) is 0 Å². The van der Waals surface area contributed by atoms with Crippen molar-refractivity contribution in [2.75, 3.05) is 80.7 Å². The molecule has 0 spiro atoms. The molecule has 0 saturated carbocycles. The molecule has 13 nitrogen and oxygen atoms in total. The number of likely N-dealkylation sites (tertiary alicyclic amines) is 2. The summed E-state index contributed by atoms with van der Waals surface area (Å²) < 4.78 is 21.7. The predicted octanol–water partition coefficient (Wildman–Crippen LogP) is 6.90. The van der Waals surface area contributed by atoms with E-state index in [0.717, 1.165) is 135 Å². The first kappa shape index (κ1) is 45.0. The fourth-order valence-electron chi connectivity index (χ4n) is 9.08. The Hall–Kier alpha value is -6.02. The van der Waals surface area contributed by atoms with Crippen molar-refractivity contribution in [1.29, 1.82) is 0 Å². The monoisotopic (exact) mass is 857 g/mol. The maximum absolute atomic E-state index is 11.6. The molecule has 2 aliphatic rings. The van der Waals surface area contributed by atoms with Crippen molar-refractivity contribution in [2.45, 2.75) is 50.6 Å². The molecule has 0 bridgehead atoms. The molecule has 0 aliphatic carbocycles. The van der Waals surface area contributed by atoms with Gasteiger partial charge in [-0.05, 0) is 124 Å². The number of phenolic OH excluding ortho intramolecular Hbond substituents is 1. The summed E-state index contributed by atoms with van der Waals surface area (Å²) in [6, 6.07) is 27.8. The van der Waals surface area contributed by atoms with E-state index in [2.05, 4.69) is 48.4 Å². The second kappa shape index (κ2) is 20.9. The number of aromatic nitrogens is 2. The molecule has 2 saturated heterocycles. The van der Waals surface area contributed by atoms with E-state index in [1.165, 1.54) is 0 Å². The molecule has 13 heteroatoms. The molecule has 8 rings (SSSR count). The van der Waals surface area contributed by atoms with Gasteiger partial charge in [-0.2, -0.15) is 0 Å². The summed E-state index contributed by atoms with van der Waals surface area (Å²) in [7, 11) is 7.45. The lowest BCUT2D eigenvalue weighted by molar-refractivity contribution is 0.0992. The van der Waals surface area contributed by atoms with Crippen molar-refractivity contribution in [1.82, 2.24) is 23.8 Å². The number of methoxy groups -OCH3 is 2. The Bertz CT molecular complexity index is 2480. The number of rotatable bonds is 16. The third-order valence-corrected chi connectivity index (χ3v) is 12.7. The maximum Gasteiger partial charge on any atom is 0.248 e. The second-order valence-electron chi connectivity index (χ2n) is 16.9. The van der Waals surface area contributed by atoms with Crippen LogP contribution in [0.15, 0.2) is 97.3 Å². The molecular weight excluding hydrogens is 795 g/mol. The number of likely N-dealkylation sites (N-methyl/N-ethyl adjacent to an activating group) is 1. The predicted molar refractivity (Wildman–Crippen MR) is 249 cm³/mol. The van der Waals surface area contributed by atoms with Gasteiger partial charge in [0.1, 0.15) is 29.6 Å². The molecule has 6 aromatic rings. The fourth-order valence-corrected chi connectivity index (χ4v) is 9.08.